The van der Waals surface area contributed by atoms with Gasteiger partial charge in [0.2, 0.25) is 11.9 Å². The molecule has 2 heterocycles. The first-order valence-electron chi connectivity index (χ1n) is 21.9. The minimum absolute atomic E-state index is 0.177. The Labute approximate surface area is 348 Å². The van der Waals surface area contributed by atoms with E-state index in [1.807, 2.05) is 31.5 Å². The Morgan fingerprint density at radius 3 is 2.02 bits per heavy atom. The normalized spacial score (nSPS) is 23.7. The molecule has 0 radical (unpaired) electrons. The van der Waals surface area contributed by atoms with Crippen LogP contribution in [0.1, 0.15) is 119 Å². The van der Waals surface area contributed by atoms with Crippen molar-refractivity contribution in [2.75, 3.05) is 6.54 Å². The van der Waals surface area contributed by atoms with E-state index in [0.29, 0.717) is 50.6 Å². The summed E-state index contributed by atoms with van der Waals surface area (Å²) in [6.45, 7) is 2.24. The summed E-state index contributed by atoms with van der Waals surface area (Å²) < 4.78 is 2.26. The van der Waals surface area contributed by atoms with Crippen LogP contribution in [0.4, 0.5) is 4.79 Å². The lowest BCUT2D eigenvalue weighted by molar-refractivity contribution is -0.526. The van der Waals surface area contributed by atoms with Gasteiger partial charge in [-0.3, -0.25) is 14.9 Å². The van der Waals surface area contributed by atoms with Crippen LogP contribution in [0.15, 0.2) is 115 Å². The molecule has 1 aliphatic heterocycles. The number of nitrogens with zero attached hydrogens (tertiary/aromatic N) is 3. The molecule has 3 aliphatic carbocycles. The number of urea groups is 1. The number of amides is 3. The monoisotopic (exact) mass is 797 g/mol. The summed E-state index contributed by atoms with van der Waals surface area (Å²) in [6.07, 6.45) is 18.0. The van der Waals surface area contributed by atoms with Crippen LogP contribution in [0.2, 0.25) is 0 Å². The summed E-state index contributed by atoms with van der Waals surface area (Å²) in [5.74, 6) is 0.118. The molecule has 0 saturated heterocycles. The van der Waals surface area contributed by atoms with E-state index in [1.165, 1.54) is 12.0 Å². The van der Waals surface area contributed by atoms with E-state index in [-0.39, 0.29) is 16.9 Å². The van der Waals surface area contributed by atoms with Crippen molar-refractivity contribution >= 4 is 11.9 Å². The lowest BCUT2D eigenvalue weighted by Gasteiger charge is -2.39. The van der Waals surface area contributed by atoms with Crippen molar-refractivity contribution in [1.29, 1.82) is 0 Å². The number of fused-ring (bicyclic) bond motifs is 1. The molecule has 8 rings (SSSR count). The van der Waals surface area contributed by atoms with Crippen molar-refractivity contribution < 1.29 is 14.5 Å². The molecule has 1 aromatic heterocycles. The fourth-order valence-corrected chi connectivity index (χ4v) is 10.7. The summed E-state index contributed by atoms with van der Waals surface area (Å²) in [6, 6.07) is 31.0. The maximum atomic E-state index is 14.8. The number of nitrogens with one attached hydrogen (secondary N) is 4. The number of hydrogen-bond donors (Lipinski definition) is 4. The van der Waals surface area contributed by atoms with Crippen molar-refractivity contribution in [3.05, 3.63) is 148 Å². The largest absolute Gasteiger partial charge is 0.388 e. The van der Waals surface area contributed by atoms with Gasteiger partial charge in [-0.25, -0.2) is 9.78 Å². The molecule has 4 N–H and O–H groups in total. The van der Waals surface area contributed by atoms with Crippen LogP contribution in [0.5, 0.6) is 0 Å². The number of benzene rings is 3. The van der Waals surface area contributed by atoms with Crippen molar-refractivity contribution in [3.63, 3.8) is 0 Å². The predicted octanol–water partition coefficient (Wildman–Crippen LogP) is 8.12. The van der Waals surface area contributed by atoms with Crippen molar-refractivity contribution in [1.82, 2.24) is 30.8 Å². The molecule has 4 aliphatic rings. The second-order valence-corrected chi connectivity index (χ2v) is 17.8. The third kappa shape index (κ3) is 8.25. The number of aromatic nitrogens is 2. The highest BCUT2D eigenvalue weighted by atomic mass is 16.6. The average Bonchev–Trinajstić information content (AvgIpc) is 3.93. The number of carbonyl (C=O) groups is 2. The van der Waals surface area contributed by atoms with E-state index in [2.05, 4.69) is 111 Å². The summed E-state index contributed by atoms with van der Waals surface area (Å²) in [5.41, 5.74) is 3.14. The fourth-order valence-electron chi connectivity index (χ4n) is 10.7. The zero-order valence-electron chi connectivity index (χ0n) is 34.3. The minimum Gasteiger partial charge on any atom is -0.388 e. The molecule has 3 aromatic carbocycles. The molecule has 3 saturated carbocycles. The van der Waals surface area contributed by atoms with Crippen LogP contribution in [-0.4, -0.2) is 56.6 Å². The zero-order chi connectivity index (χ0) is 40.9. The Morgan fingerprint density at radius 1 is 0.831 bits per heavy atom. The smallest absolute Gasteiger partial charge is 0.315 e. The van der Waals surface area contributed by atoms with Gasteiger partial charge in [0.05, 0.1) is 12.0 Å². The molecular formula is C48H59N7O4. The maximum Gasteiger partial charge on any atom is 0.315 e. The molecule has 59 heavy (non-hydrogen) atoms. The van der Waals surface area contributed by atoms with Gasteiger partial charge in [-0.15, -0.1) is 0 Å². The average molecular weight is 798 g/mol. The van der Waals surface area contributed by atoms with Crippen LogP contribution < -0.4 is 21.3 Å². The highest BCUT2D eigenvalue weighted by Crippen LogP contribution is 2.44. The van der Waals surface area contributed by atoms with Gasteiger partial charge in [0.15, 0.2) is 0 Å². The molecular weight excluding hydrogens is 739 g/mol. The van der Waals surface area contributed by atoms with Crippen molar-refractivity contribution in [2.24, 2.45) is 5.92 Å². The highest BCUT2D eigenvalue weighted by molar-refractivity contribution is 5.91. The lowest BCUT2D eigenvalue weighted by atomic mass is 9.71. The number of carbonyl (C=O) groups excluding carboxylic acids is 2. The summed E-state index contributed by atoms with van der Waals surface area (Å²) in [5, 5.41) is 24.5. The van der Waals surface area contributed by atoms with Gasteiger partial charge >= 0.3 is 6.03 Å². The first kappa shape index (κ1) is 40.3. The van der Waals surface area contributed by atoms with Gasteiger partial charge in [0.25, 0.3) is 0 Å². The Hall–Kier alpha value is -5.45. The van der Waals surface area contributed by atoms with E-state index in [0.717, 1.165) is 73.8 Å². The van der Waals surface area contributed by atoms with Gasteiger partial charge < -0.3 is 25.8 Å². The Balaban J connectivity index is 1.09. The molecule has 3 amide bonds. The second kappa shape index (κ2) is 17.4. The van der Waals surface area contributed by atoms with E-state index < -0.39 is 28.6 Å². The van der Waals surface area contributed by atoms with E-state index in [9.17, 15) is 19.7 Å². The van der Waals surface area contributed by atoms with Crippen LogP contribution in [0.25, 0.3) is 0 Å². The molecule has 3 unspecified atom stereocenters. The van der Waals surface area contributed by atoms with Gasteiger partial charge in [0, 0.05) is 60.3 Å². The summed E-state index contributed by atoms with van der Waals surface area (Å²) in [7, 11) is 0. The Bertz CT molecular complexity index is 1990. The number of rotatable bonds is 13. The summed E-state index contributed by atoms with van der Waals surface area (Å²) >= 11 is 0. The molecule has 11 heteroatoms. The van der Waals surface area contributed by atoms with Crippen molar-refractivity contribution in [3.8, 4) is 0 Å². The second-order valence-electron chi connectivity index (χ2n) is 17.8. The van der Waals surface area contributed by atoms with Crippen LogP contribution >= 0.6 is 0 Å². The third-order valence-corrected chi connectivity index (χ3v) is 14.0. The topological polar surface area (TPSA) is 143 Å². The van der Waals surface area contributed by atoms with Crippen molar-refractivity contribution in [2.45, 2.75) is 131 Å². The van der Waals surface area contributed by atoms with Gasteiger partial charge in [0.1, 0.15) is 11.1 Å². The van der Waals surface area contributed by atoms with Crippen LogP contribution in [0.3, 0.4) is 0 Å². The van der Waals surface area contributed by atoms with Crippen LogP contribution in [-0.2, 0) is 15.7 Å². The number of imidazole rings is 1. The molecule has 3 atom stereocenters. The minimum atomic E-state index is -1.24. The SMILES string of the molecule is CC(CC1=CNC2CCCCC12)(NC(=O)NC1CCC([N+](=O)[O-])CC1)C(=O)NCC1(c2cn(C(c3ccccc3)(c3ccccc3)c3ccccc3)cn2)CCCCC1. The van der Waals surface area contributed by atoms with Gasteiger partial charge in [-0.2, -0.15) is 0 Å². The molecule has 11 nitrogen and oxygen atoms in total. The fraction of sp³-hybridized carbons (Fsp3) is 0.479. The first-order chi connectivity index (χ1) is 28.7. The zero-order valence-corrected chi connectivity index (χ0v) is 34.3. The molecule has 3 fully saturated rings. The van der Waals surface area contributed by atoms with E-state index in [4.69, 9.17) is 4.98 Å². The molecule has 0 spiro atoms. The number of hydrogen-bond acceptors (Lipinski definition) is 6. The Morgan fingerprint density at radius 2 is 1.42 bits per heavy atom. The van der Waals surface area contributed by atoms with Crippen LogP contribution in [0, 0.1) is 16.0 Å². The maximum absolute atomic E-state index is 14.8. The standard InChI is InChI=1S/C48H59N7O4/c1-46(30-35-31-49-42-23-13-12-22-41(35)42,53-45(57)52-39-24-26-40(27-25-39)55(58)59)44(56)50-33-47(28-14-5-15-29-47)43-32-54(34-51-43)48(36-16-6-2-7-17-36,37-18-8-3-9-19-37)38-20-10-4-11-21-38/h2-4,6-11,16-21,31-32,34,39-42,49H,5,12-15,22-30,33H2,1H3,(H,50,56)(H2,52,53,57). The quantitative estimate of drug-likeness (QED) is 0.0612. The lowest BCUT2D eigenvalue weighted by Crippen LogP contribution is -2.61. The number of nitro groups is 1. The summed E-state index contributed by atoms with van der Waals surface area (Å²) in [4.78, 5) is 44.9. The first-order valence-corrected chi connectivity index (χ1v) is 21.9. The van der Waals surface area contributed by atoms with Gasteiger partial charge in [-0.05, 0) is 73.9 Å². The molecule has 4 aromatic rings. The Kier molecular flexibility index (Phi) is 11.9. The third-order valence-electron chi connectivity index (χ3n) is 14.0. The highest BCUT2D eigenvalue weighted by Gasteiger charge is 2.45. The van der Waals surface area contributed by atoms with E-state index >= 15 is 0 Å². The van der Waals surface area contributed by atoms with E-state index in [1.54, 1.807) is 0 Å². The molecule has 310 valence electrons. The van der Waals surface area contributed by atoms with Gasteiger partial charge in [-0.1, -0.05) is 123 Å². The predicted molar refractivity (Wildman–Crippen MR) is 229 cm³/mol. The molecule has 0 bridgehead atoms.